The molecule has 0 aliphatic carbocycles. The average molecular weight is 453 g/mol. The molecule has 1 aliphatic heterocycles. The van der Waals surface area contributed by atoms with E-state index < -0.39 is 0 Å². The van der Waals surface area contributed by atoms with Gasteiger partial charge in [-0.25, -0.2) is 0 Å². The Hall–Kier alpha value is -1.06. The largest absolute Gasteiger partial charge is 0.356 e. The minimum Gasteiger partial charge on any atom is -0.356 e. The molecule has 0 aromatic rings. The predicted molar refractivity (Wildman–Crippen MR) is 139 cm³/mol. The second-order valence-electron chi connectivity index (χ2n) is 9.63. The summed E-state index contributed by atoms with van der Waals surface area (Å²) in [7, 11) is 0. The molecule has 0 radical (unpaired) electrons. The van der Waals surface area contributed by atoms with Gasteiger partial charge in [0.05, 0.1) is 5.92 Å². The molecule has 2 amide bonds. The average Bonchev–Trinajstić information content (AvgIpc) is 3.17. The summed E-state index contributed by atoms with van der Waals surface area (Å²) in [6.07, 6.45) is 22.5. The quantitative estimate of drug-likeness (QED) is 0.205. The minimum atomic E-state index is -0.130. The fourth-order valence-electron chi connectivity index (χ4n) is 4.18. The lowest BCUT2D eigenvalue weighted by Crippen LogP contribution is -2.33. The van der Waals surface area contributed by atoms with Gasteiger partial charge in [0.1, 0.15) is 0 Å². The van der Waals surface area contributed by atoms with Gasteiger partial charge in [0.15, 0.2) is 0 Å². The predicted octanol–water partition coefficient (Wildman–Crippen LogP) is 7.65. The van der Waals surface area contributed by atoms with Crippen LogP contribution in [0.5, 0.6) is 0 Å². The van der Waals surface area contributed by atoms with E-state index >= 15 is 0 Å². The monoisotopic (exact) mass is 452 g/mol. The minimum absolute atomic E-state index is 0.0679. The molecule has 1 unspecified atom stereocenters. The third kappa shape index (κ3) is 17.5. The summed E-state index contributed by atoms with van der Waals surface area (Å²) in [6, 6.07) is 0. The molecule has 1 aliphatic rings. The normalized spacial score (nSPS) is 15.6. The maximum absolute atomic E-state index is 12.1. The Labute approximate surface area is 200 Å². The van der Waals surface area contributed by atoms with Crippen LogP contribution in [0.4, 0.5) is 0 Å². The molecule has 1 fully saturated rings. The first-order valence-corrected chi connectivity index (χ1v) is 14.2. The second kappa shape index (κ2) is 23.1. The lowest BCUT2D eigenvalue weighted by Gasteiger charge is -2.16. The van der Waals surface area contributed by atoms with Crippen molar-refractivity contribution in [2.45, 2.75) is 143 Å². The Bertz CT molecular complexity index is 431. The Morgan fingerprint density at radius 2 is 1.16 bits per heavy atom. The fourth-order valence-corrected chi connectivity index (χ4v) is 4.18. The lowest BCUT2D eigenvalue weighted by atomic mass is 10.1. The van der Waals surface area contributed by atoms with Crippen molar-refractivity contribution in [1.29, 1.82) is 0 Å². The maximum Gasteiger partial charge on any atom is 0.225 e. The van der Waals surface area contributed by atoms with Gasteiger partial charge in [-0.2, -0.15) is 0 Å². The number of hydrogen-bond donors (Lipinski definition) is 1. The van der Waals surface area contributed by atoms with Crippen LogP contribution in [0.25, 0.3) is 0 Å². The van der Waals surface area contributed by atoms with Crippen molar-refractivity contribution in [3.63, 3.8) is 0 Å². The number of carbonyl (C=O) groups is 2. The first-order chi connectivity index (χ1) is 15.6. The Balaban J connectivity index is 0.000000809. The standard InChI is InChI=1S/C18H34N2O2.C10H22/c1-3-5-7-9-11-13-20-15-16(14-17(20)21)18(22)19-12-10-8-6-4-2;1-3-5-7-9-10-8-6-4-2/h16H,3-15H2,1-2H3,(H,19,22);3-10H2,1-2H3. The van der Waals surface area contributed by atoms with Gasteiger partial charge in [0.25, 0.3) is 0 Å². The van der Waals surface area contributed by atoms with E-state index in [-0.39, 0.29) is 17.7 Å². The van der Waals surface area contributed by atoms with E-state index in [0.717, 1.165) is 25.9 Å². The van der Waals surface area contributed by atoms with Crippen molar-refractivity contribution in [1.82, 2.24) is 10.2 Å². The van der Waals surface area contributed by atoms with E-state index in [9.17, 15) is 9.59 Å². The number of rotatable bonds is 19. The summed E-state index contributed by atoms with van der Waals surface area (Å²) in [6.45, 7) is 11.1. The zero-order valence-corrected chi connectivity index (χ0v) is 22.2. The molecule has 4 nitrogen and oxygen atoms in total. The number of nitrogens with one attached hydrogen (secondary N) is 1. The van der Waals surface area contributed by atoms with Gasteiger partial charge in [0.2, 0.25) is 11.8 Å². The third-order valence-corrected chi connectivity index (χ3v) is 6.40. The number of amides is 2. The van der Waals surface area contributed by atoms with Crippen LogP contribution in [0.1, 0.15) is 143 Å². The van der Waals surface area contributed by atoms with Crippen molar-refractivity contribution < 1.29 is 9.59 Å². The van der Waals surface area contributed by atoms with E-state index in [1.54, 1.807) is 0 Å². The zero-order chi connectivity index (χ0) is 23.9. The SMILES string of the molecule is CCCCCCCCCC.CCCCCCCN1CC(C(=O)NCCCCCC)CC1=O. The number of carbonyl (C=O) groups excluding carboxylic acids is 2. The molecule has 0 saturated carbocycles. The highest BCUT2D eigenvalue weighted by atomic mass is 16.2. The van der Waals surface area contributed by atoms with Crippen LogP contribution in [0, 0.1) is 5.92 Å². The van der Waals surface area contributed by atoms with Gasteiger partial charge in [-0.3, -0.25) is 9.59 Å². The second-order valence-corrected chi connectivity index (χ2v) is 9.63. The smallest absolute Gasteiger partial charge is 0.225 e. The van der Waals surface area contributed by atoms with Crippen molar-refractivity contribution in [3.05, 3.63) is 0 Å². The molecular weight excluding hydrogens is 396 g/mol. The van der Waals surface area contributed by atoms with Crippen LogP contribution >= 0.6 is 0 Å². The number of unbranched alkanes of at least 4 members (excludes halogenated alkanes) is 14. The van der Waals surface area contributed by atoms with E-state index in [1.165, 1.54) is 96.3 Å². The van der Waals surface area contributed by atoms with Crippen LogP contribution < -0.4 is 5.32 Å². The summed E-state index contributed by atoms with van der Waals surface area (Å²) < 4.78 is 0. The van der Waals surface area contributed by atoms with Crippen LogP contribution in [-0.4, -0.2) is 36.3 Å². The van der Waals surface area contributed by atoms with Crippen LogP contribution in [0.2, 0.25) is 0 Å². The van der Waals surface area contributed by atoms with Gasteiger partial charge >= 0.3 is 0 Å². The molecule has 190 valence electrons. The highest BCUT2D eigenvalue weighted by Crippen LogP contribution is 2.19. The van der Waals surface area contributed by atoms with E-state index in [4.69, 9.17) is 0 Å². The van der Waals surface area contributed by atoms with Crippen molar-refractivity contribution in [2.75, 3.05) is 19.6 Å². The van der Waals surface area contributed by atoms with E-state index in [2.05, 4.69) is 33.0 Å². The molecule has 0 bridgehead atoms. The van der Waals surface area contributed by atoms with Crippen molar-refractivity contribution in [2.24, 2.45) is 5.92 Å². The van der Waals surface area contributed by atoms with Gasteiger partial charge in [-0.05, 0) is 12.8 Å². The van der Waals surface area contributed by atoms with Crippen molar-refractivity contribution >= 4 is 11.8 Å². The third-order valence-electron chi connectivity index (χ3n) is 6.40. The van der Waals surface area contributed by atoms with Crippen LogP contribution in [0.3, 0.4) is 0 Å². The molecule has 4 heteroatoms. The zero-order valence-electron chi connectivity index (χ0n) is 22.2. The van der Waals surface area contributed by atoms with E-state index in [1.807, 2.05) is 4.90 Å². The van der Waals surface area contributed by atoms with Crippen molar-refractivity contribution in [3.8, 4) is 0 Å². The first kappa shape index (κ1) is 30.9. The van der Waals surface area contributed by atoms with E-state index in [0.29, 0.717) is 13.0 Å². The maximum atomic E-state index is 12.1. The Morgan fingerprint density at radius 1 is 0.719 bits per heavy atom. The Morgan fingerprint density at radius 3 is 1.66 bits per heavy atom. The van der Waals surface area contributed by atoms with Gasteiger partial charge in [-0.15, -0.1) is 0 Å². The van der Waals surface area contributed by atoms with Gasteiger partial charge in [-0.1, -0.05) is 124 Å². The molecule has 32 heavy (non-hydrogen) atoms. The molecule has 1 atom stereocenters. The lowest BCUT2D eigenvalue weighted by molar-refractivity contribution is -0.129. The number of likely N-dealkylation sites (tertiary alicyclic amines) is 1. The molecule has 1 heterocycles. The topological polar surface area (TPSA) is 49.4 Å². The first-order valence-electron chi connectivity index (χ1n) is 14.2. The summed E-state index contributed by atoms with van der Waals surface area (Å²) in [5.41, 5.74) is 0. The summed E-state index contributed by atoms with van der Waals surface area (Å²) in [5, 5.41) is 2.99. The molecule has 0 spiro atoms. The summed E-state index contributed by atoms with van der Waals surface area (Å²) >= 11 is 0. The van der Waals surface area contributed by atoms with Gasteiger partial charge < -0.3 is 10.2 Å². The fraction of sp³-hybridized carbons (Fsp3) is 0.929. The number of nitrogens with zero attached hydrogens (tertiary/aromatic N) is 1. The Kier molecular flexibility index (Phi) is 22.3. The molecule has 1 rings (SSSR count). The highest BCUT2D eigenvalue weighted by Gasteiger charge is 2.33. The summed E-state index contributed by atoms with van der Waals surface area (Å²) in [4.78, 5) is 25.9. The summed E-state index contributed by atoms with van der Waals surface area (Å²) in [5.74, 6) is 0.0919. The highest BCUT2D eigenvalue weighted by molar-refractivity contribution is 5.89. The molecule has 1 N–H and O–H groups in total. The molecule has 1 saturated heterocycles. The molecule has 0 aromatic heterocycles. The van der Waals surface area contributed by atoms with Crippen LogP contribution in [-0.2, 0) is 9.59 Å². The molecular formula is C28H56N2O2. The van der Waals surface area contributed by atoms with Crippen LogP contribution in [0.15, 0.2) is 0 Å². The molecule has 0 aromatic carbocycles. The van der Waals surface area contributed by atoms with Gasteiger partial charge in [0, 0.05) is 26.1 Å². The number of hydrogen-bond acceptors (Lipinski definition) is 2.